The van der Waals surface area contributed by atoms with Crippen LogP contribution in [0.3, 0.4) is 0 Å². The maximum atomic E-state index is 12.7. The van der Waals surface area contributed by atoms with Gasteiger partial charge in [0.2, 0.25) is 0 Å². The predicted molar refractivity (Wildman–Crippen MR) is 40.1 cm³/mol. The van der Waals surface area contributed by atoms with Gasteiger partial charge in [0.25, 0.3) is 0 Å². The molecule has 0 spiro atoms. The molecule has 0 amide bonds. The number of allylic oxidation sites excluding steroid dienone is 2. The first-order valence-electron chi connectivity index (χ1n) is 3.11. The fraction of sp³-hybridized carbons (Fsp3) is 0.250. The lowest BCUT2D eigenvalue weighted by Gasteiger charge is -2.16. The van der Waals surface area contributed by atoms with Gasteiger partial charge in [-0.2, -0.15) is 0 Å². The second kappa shape index (κ2) is 2.39. The van der Waals surface area contributed by atoms with Crippen molar-refractivity contribution in [3.63, 3.8) is 0 Å². The summed E-state index contributed by atoms with van der Waals surface area (Å²) in [4.78, 5) is 0. The van der Waals surface area contributed by atoms with Gasteiger partial charge in [-0.15, -0.1) is 0 Å². The molecule has 1 rings (SSSR count). The summed E-state index contributed by atoms with van der Waals surface area (Å²) in [7, 11) is 0. The number of halogens is 1. The summed E-state index contributed by atoms with van der Waals surface area (Å²) in [6, 6.07) is -0.329. The third-order valence-electron chi connectivity index (χ3n) is 1.69. The predicted octanol–water partition coefficient (Wildman–Crippen LogP) is 1.68. The number of rotatable bonds is 0. The Morgan fingerprint density at radius 3 is 2.70 bits per heavy atom. The molecule has 0 bridgehead atoms. The molecule has 10 heavy (non-hydrogen) atoms. The summed E-state index contributed by atoms with van der Waals surface area (Å²) in [5.74, 6) is -0.236. The van der Waals surface area contributed by atoms with Gasteiger partial charge in [-0.25, -0.2) is 4.39 Å². The van der Waals surface area contributed by atoms with E-state index in [0.29, 0.717) is 5.57 Å². The third-order valence-corrected chi connectivity index (χ3v) is 1.69. The van der Waals surface area contributed by atoms with E-state index in [4.69, 9.17) is 5.73 Å². The van der Waals surface area contributed by atoms with Gasteiger partial charge in [0.15, 0.2) is 0 Å². The number of hydrogen-bond donors (Lipinski definition) is 1. The highest BCUT2D eigenvalue weighted by Crippen LogP contribution is 2.20. The van der Waals surface area contributed by atoms with Crippen molar-refractivity contribution in [2.75, 3.05) is 0 Å². The van der Waals surface area contributed by atoms with Crippen molar-refractivity contribution >= 4 is 0 Å². The van der Waals surface area contributed by atoms with Crippen LogP contribution in [-0.4, -0.2) is 6.04 Å². The van der Waals surface area contributed by atoms with Crippen LogP contribution in [0.5, 0.6) is 0 Å². The van der Waals surface area contributed by atoms with E-state index in [9.17, 15) is 4.39 Å². The van der Waals surface area contributed by atoms with Gasteiger partial charge in [-0.1, -0.05) is 12.7 Å². The molecule has 1 nitrogen and oxygen atoms in total. The van der Waals surface area contributed by atoms with Gasteiger partial charge >= 0.3 is 0 Å². The Hall–Kier alpha value is -0.890. The maximum Gasteiger partial charge on any atom is 0.124 e. The molecule has 1 atom stereocenters. The first kappa shape index (κ1) is 7.22. The average molecular weight is 139 g/mol. The van der Waals surface area contributed by atoms with Gasteiger partial charge in [-0.05, 0) is 24.1 Å². The van der Waals surface area contributed by atoms with E-state index in [0.717, 1.165) is 5.57 Å². The van der Waals surface area contributed by atoms with E-state index in [1.165, 1.54) is 6.08 Å². The molecule has 0 saturated carbocycles. The Morgan fingerprint density at radius 2 is 2.20 bits per heavy atom. The van der Waals surface area contributed by atoms with Crippen molar-refractivity contribution < 1.29 is 4.39 Å². The lowest BCUT2D eigenvalue weighted by Crippen LogP contribution is -2.24. The molecule has 0 aliphatic heterocycles. The van der Waals surface area contributed by atoms with Crippen molar-refractivity contribution in [3.05, 3.63) is 35.7 Å². The van der Waals surface area contributed by atoms with Gasteiger partial charge < -0.3 is 5.73 Å². The van der Waals surface area contributed by atoms with Crippen molar-refractivity contribution in [3.8, 4) is 0 Å². The van der Waals surface area contributed by atoms with Crippen molar-refractivity contribution in [2.24, 2.45) is 5.73 Å². The first-order valence-corrected chi connectivity index (χ1v) is 3.11. The summed E-state index contributed by atoms with van der Waals surface area (Å²) in [5.41, 5.74) is 6.89. The standard InChI is InChI=1S/C8H10FN/c1-5-3-4-7(9)6(2)8(5)10/h3-4,8H,1,10H2,2H3. The highest BCUT2D eigenvalue weighted by molar-refractivity contribution is 5.41. The van der Waals surface area contributed by atoms with Crippen LogP contribution in [0.25, 0.3) is 0 Å². The van der Waals surface area contributed by atoms with Crippen LogP contribution in [0.4, 0.5) is 4.39 Å². The Balaban J connectivity index is 2.99. The average Bonchev–Trinajstić information content (AvgIpc) is 1.93. The summed E-state index contributed by atoms with van der Waals surface area (Å²) in [5, 5.41) is 0. The van der Waals surface area contributed by atoms with E-state index in [1.807, 2.05) is 0 Å². The SMILES string of the molecule is C=C1C=CC(F)=C(C)C1N. The lowest BCUT2D eigenvalue weighted by molar-refractivity contribution is 0.634. The first-order chi connectivity index (χ1) is 4.63. The Bertz CT molecular complexity index is 225. The topological polar surface area (TPSA) is 26.0 Å². The van der Waals surface area contributed by atoms with Crippen LogP contribution < -0.4 is 5.73 Å². The van der Waals surface area contributed by atoms with Crippen LogP contribution in [-0.2, 0) is 0 Å². The van der Waals surface area contributed by atoms with E-state index < -0.39 is 0 Å². The number of hydrogen-bond acceptors (Lipinski definition) is 1. The fourth-order valence-electron chi connectivity index (χ4n) is 0.842. The van der Waals surface area contributed by atoms with Gasteiger partial charge in [-0.3, -0.25) is 0 Å². The molecule has 0 aromatic rings. The largest absolute Gasteiger partial charge is 0.320 e. The van der Waals surface area contributed by atoms with Crippen LogP contribution >= 0.6 is 0 Å². The molecular formula is C8H10FN. The summed E-state index contributed by atoms with van der Waals surface area (Å²) in [6.45, 7) is 5.34. The van der Waals surface area contributed by atoms with Gasteiger partial charge in [0, 0.05) is 0 Å². The Morgan fingerprint density at radius 1 is 1.60 bits per heavy atom. The van der Waals surface area contributed by atoms with Crippen molar-refractivity contribution in [1.29, 1.82) is 0 Å². The smallest absolute Gasteiger partial charge is 0.124 e. The molecule has 2 heteroatoms. The molecule has 0 radical (unpaired) electrons. The zero-order chi connectivity index (χ0) is 7.72. The normalized spacial score (nSPS) is 25.9. The molecule has 1 aliphatic rings. The molecule has 1 unspecified atom stereocenters. The molecule has 0 aromatic heterocycles. The molecule has 54 valence electrons. The molecule has 2 N–H and O–H groups in total. The minimum atomic E-state index is -0.329. The second-order valence-corrected chi connectivity index (χ2v) is 2.42. The molecular weight excluding hydrogens is 129 g/mol. The highest BCUT2D eigenvalue weighted by Gasteiger charge is 2.14. The van der Waals surface area contributed by atoms with Crippen molar-refractivity contribution in [2.45, 2.75) is 13.0 Å². The van der Waals surface area contributed by atoms with E-state index in [-0.39, 0.29) is 11.9 Å². The van der Waals surface area contributed by atoms with Crippen LogP contribution in [0.15, 0.2) is 35.7 Å². The Labute approximate surface area is 59.7 Å². The summed E-state index contributed by atoms with van der Waals surface area (Å²) < 4.78 is 12.7. The molecule has 0 fully saturated rings. The molecule has 0 saturated heterocycles. The van der Waals surface area contributed by atoms with Crippen LogP contribution in [0.2, 0.25) is 0 Å². The molecule has 0 aromatic carbocycles. The minimum Gasteiger partial charge on any atom is -0.320 e. The van der Waals surface area contributed by atoms with E-state index in [2.05, 4.69) is 6.58 Å². The second-order valence-electron chi connectivity index (χ2n) is 2.42. The fourth-order valence-corrected chi connectivity index (χ4v) is 0.842. The quantitative estimate of drug-likeness (QED) is 0.543. The summed E-state index contributed by atoms with van der Waals surface area (Å²) >= 11 is 0. The number of nitrogens with two attached hydrogens (primary N) is 1. The zero-order valence-electron chi connectivity index (χ0n) is 5.89. The zero-order valence-corrected chi connectivity index (χ0v) is 5.89. The van der Waals surface area contributed by atoms with Crippen LogP contribution in [0.1, 0.15) is 6.92 Å². The van der Waals surface area contributed by atoms with Crippen LogP contribution in [0, 0.1) is 0 Å². The maximum absolute atomic E-state index is 12.7. The highest BCUT2D eigenvalue weighted by atomic mass is 19.1. The Kier molecular flexibility index (Phi) is 1.72. The van der Waals surface area contributed by atoms with Gasteiger partial charge in [0.05, 0.1) is 6.04 Å². The van der Waals surface area contributed by atoms with E-state index >= 15 is 0 Å². The monoisotopic (exact) mass is 139 g/mol. The summed E-state index contributed by atoms with van der Waals surface area (Å²) in [6.07, 6.45) is 2.99. The molecule has 1 aliphatic carbocycles. The molecule has 0 heterocycles. The third kappa shape index (κ3) is 1.02. The van der Waals surface area contributed by atoms with Gasteiger partial charge in [0.1, 0.15) is 5.83 Å². The lowest BCUT2D eigenvalue weighted by atomic mass is 9.97. The van der Waals surface area contributed by atoms with E-state index in [1.54, 1.807) is 13.0 Å². The van der Waals surface area contributed by atoms with Crippen molar-refractivity contribution in [1.82, 2.24) is 0 Å². The minimum absolute atomic E-state index is 0.236.